The molecule has 1 aromatic rings. The zero-order valence-electron chi connectivity index (χ0n) is 10.2. The predicted octanol–water partition coefficient (Wildman–Crippen LogP) is 1.60. The Morgan fingerprint density at radius 3 is 2.60 bits per heavy atom. The molecule has 3 heteroatoms. The van der Waals surface area contributed by atoms with Gasteiger partial charge in [-0.2, -0.15) is 0 Å². The van der Waals surface area contributed by atoms with Gasteiger partial charge in [0.15, 0.2) is 0 Å². The van der Waals surface area contributed by atoms with E-state index in [0.717, 1.165) is 13.1 Å². The lowest BCUT2D eigenvalue weighted by Crippen LogP contribution is -2.24. The minimum absolute atomic E-state index is 0.278. The standard InChI is InChI=1S/C12H22N2O/c1-5-14-9(2)6-12(11(14)4)8-13-7-10(3)15/h6,10,13,15H,5,7-8H2,1-4H3. The summed E-state index contributed by atoms with van der Waals surface area (Å²) in [7, 11) is 0. The summed E-state index contributed by atoms with van der Waals surface area (Å²) in [5, 5.41) is 12.4. The highest BCUT2D eigenvalue weighted by molar-refractivity contribution is 5.26. The molecule has 1 rings (SSSR count). The third-order valence-corrected chi connectivity index (χ3v) is 2.75. The van der Waals surface area contributed by atoms with Crippen molar-refractivity contribution in [1.29, 1.82) is 0 Å². The van der Waals surface area contributed by atoms with Gasteiger partial charge < -0.3 is 15.0 Å². The molecule has 1 heterocycles. The van der Waals surface area contributed by atoms with E-state index >= 15 is 0 Å². The molecule has 0 radical (unpaired) electrons. The molecule has 3 nitrogen and oxygen atoms in total. The van der Waals surface area contributed by atoms with E-state index in [1.165, 1.54) is 17.0 Å². The minimum Gasteiger partial charge on any atom is -0.392 e. The van der Waals surface area contributed by atoms with Crippen molar-refractivity contribution >= 4 is 0 Å². The van der Waals surface area contributed by atoms with Gasteiger partial charge in [-0.25, -0.2) is 0 Å². The van der Waals surface area contributed by atoms with Gasteiger partial charge in [-0.3, -0.25) is 0 Å². The van der Waals surface area contributed by atoms with Crippen LogP contribution < -0.4 is 5.32 Å². The predicted molar refractivity (Wildman–Crippen MR) is 63.0 cm³/mol. The van der Waals surface area contributed by atoms with Crippen molar-refractivity contribution in [2.45, 2.75) is 46.9 Å². The number of hydrogen-bond acceptors (Lipinski definition) is 2. The van der Waals surface area contributed by atoms with Crippen LogP contribution in [0.3, 0.4) is 0 Å². The average molecular weight is 210 g/mol. The average Bonchev–Trinajstić information content (AvgIpc) is 2.41. The normalized spacial score (nSPS) is 13.1. The summed E-state index contributed by atoms with van der Waals surface area (Å²) in [6.45, 7) is 10.7. The maximum atomic E-state index is 9.14. The van der Waals surface area contributed by atoms with Gasteiger partial charge in [0, 0.05) is 31.0 Å². The molecule has 0 aromatic carbocycles. The number of nitrogens with one attached hydrogen (secondary N) is 1. The first-order chi connectivity index (χ1) is 7.06. The lowest BCUT2D eigenvalue weighted by molar-refractivity contribution is 0.191. The van der Waals surface area contributed by atoms with Gasteiger partial charge in [0.25, 0.3) is 0 Å². The van der Waals surface area contributed by atoms with Gasteiger partial charge in [0.05, 0.1) is 6.10 Å². The first kappa shape index (κ1) is 12.3. The Labute approximate surface area is 92.1 Å². The summed E-state index contributed by atoms with van der Waals surface area (Å²) < 4.78 is 2.30. The van der Waals surface area contributed by atoms with E-state index in [2.05, 4.69) is 36.7 Å². The van der Waals surface area contributed by atoms with Crippen LogP contribution in [0, 0.1) is 13.8 Å². The van der Waals surface area contributed by atoms with E-state index in [1.807, 2.05) is 0 Å². The number of aliphatic hydroxyl groups excluding tert-OH is 1. The minimum atomic E-state index is -0.278. The molecule has 0 aliphatic carbocycles. The van der Waals surface area contributed by atoms with Crippen LogP contribution in [0.4, 0.5) is 0 Å². The van der Waals surface area contributed by atoms with Crippen LogP contribution in [0.1, 0.15) is 30.8 Å². The van der Waals surface area contributed by atoms with E-state index < -0.39 is 0 Å². The molecule has 0 saturated heterocycles. The summed E-state index contributed by atoms with van der Waals surface area (Å²) in [6.07, 6.45) is -0.278. The van der Waals surface area contributed by atoms with E-state index in [9.17, 15) is 0 Å². The molecule has 2 N–H and O–H groups in total. The summed E-state index contributed by atoms with van der Waals surface area (Å²) in [5.41, 5.74) is 3.96. The van der Waals surface area contributed by atoms with Gasteiger partial charge in [-0.1, -0.05) is 0 Å². The van der Waals surface area contributed by atoms with Gasteiger partial charge in [0.2, 0.25) is 0 Å². The van der Waals surface area contributed by atoms with Crippen molar-refractivity contribution < 1.29 is 5.11 Å². The molecule has 1 aromatic heterocycles. The van der Waals surface area contributed by atoms with Crippen molar-refractivity contribution in [2.24, 2.45) is 0 Å². The van der Waals surface area contributed by atoms with Crippen LogP contribution in [0.25, 0.3) is 0 Å². The van der Waals surface area contributed by atoms with Crippen molar-refractivity contribution in [3.63, 3.8) is 0 Å². The number of hydrogen-bond donors (Lipinski definition) is 2. The largest absolute Gasteiger partial charge is 0.392 e. The maximum absolute atomic E-state index is 9.14. The topological polar surface area (TPSA) is 37.2 Å². The van der Waals surface area contributed by atoms with Crippen LogP contribution in [-0.4, -0.2) is 22.3 Å². The fourth-order valence-corrected chi connectivity index (χ4v) is 1.95. The zero-order valence-corrected chi connectivity index (χ0v) is 10.2. The van der Waals surface area contributed by atoms with Crippen molar-refractivity contribution in [3.05, 3.63) is 23.0 Å². The molecule has 1 unspecified atom stereocenters. The highest BCUT2D eigenvalue weighted by Crippen LogP contribution is 2.14. The Balaban J connectivity index is 2.62. The number of rotatable bonds is 5. The molecule has 0 bridgehead atoms. The summed E-state index contributed by atoms with van der Waals surface area (Å²) in [4.78, 5) is 0. The van der Waals surface area contributed by atoms with Crippen LogP contribution in [0.15, 0.2) is 6.07 Å². The Kier molecular flexibility index (Phi) is 4.36. The molecule has 0 aliphatic rings. The number of aromatic nitrogens is 1. The van der Waals surface area contributed by atoms with E-state index in [-0.39, 0.29) is 6.10 Å². The van der Waals surface area contributed by atoms with E-state index in [1.54, 1.807) is 6.92 Å². The maximum Gasteiger partial charge on any atom is 0.0636 e. The Bertz CT molecular complexity index is 316. The molecule has 86 valence electrons. The third-order valence-electron chi connectivity index (χ3n) is 2.75. The highest BCUT2D eigenvalue weighted by atomic mass is 16.3. The Morgan fingerprint density at radius 1 is 1.47 bits per heavy atom. The smallest absolute Gasteiger partial charge is 0.0636 e. The lowest BCUT2D eigenvalue weighted by atomic mass is 10.2. The fourth-order valence-electron chi connectivity index (χ4n) is 1.95. The lowest BCUT2D eigenvalue weighted by Gasteiger charge is -2.08. The second-order valence-corrected chi connectivity index (χ2v) is 4.12. The van der Waals surface area contributed by atoms with Crippen LogP contribution >= 0.6 is 0 Å². The van der Waals surface area contributed by atoms with Crippen LogP contribution in [0.2, 0.25) is 0 Å². The molecule has 0 spiro atoms. The number of aliphatic hydroxyl groups is 1. The second-order valence-electron chi connectivity index (χ2n) is 4.12. The fraction of sp³-hybridized carbons (Fsp3) is 0.667. The molecule has 1 atom stereocenters. The highest BCUT2D eigenvalue weighted by Gasteiger charge is 2.07. The SMILES string of the molecule is CCn1c(C)cc(CNCC(C)O)c1C. The van der Waals surface area contributed by atoms with Gasteiger partial charge in [0.1, 0.15) is 0 Å². The van der Waals surface area contributed by atoms with E-state index in [4.69, 9.17) is 5.11 Å². The number of nitrogens with zero attached hydrogens (tertiary/aromatic N) is 1. The Morgan fingerprint density at radius 2 is 2.13 bits per heavy atom. The zero-order chi connectivity index (χ0) is 11.4. The first-order valence-corrected chi connectivity index (χ1v) is 5.60. The second kappa shape index (κ2) is 5.33. The molecule has 15 heavy (non-hydrogen) atoms. The summed E-state index contributed by atoms with van der Waals surface area (Å²) >= 11 is 0. The molecule has 0 fully saturated rings. The monoisotopic (exact) mass is 210 g/mol. The molecular weight excluding hydrogens is 188 g/mol. The molecule has 0 aliphatic heterocycles. The van der Waals surface area contributed by atoms with Gasteiger partial charge in [-0.05, 0) is 39.3 Å². The van der Waals surface area contributed by atoms with Crippen LogP contribution in [-0.2, 0) is 13.1 Å². The molecule has 0 saturated carbocycles. The molecular formula is C12H22N2O. The number of aryl methyl sites for hydroxylation is 1. The van der Waals surface area contributed by atoms with Crippen molar-refractivity contribution in [3.8, 4) is 0 Å². The quantitative estimate of drug-likeness (QED) is 0.774. The first-order valence-electron chi connectivity index (χ1n) is 5.60. The van der Waals surface area contributed by atoms with Gasteiger partial charge >= 0.3 is 0 Å². The van der Waals surface area contributed by atoms with E-state index in [0.29, 0.717) is 6.54 Å². The van der Waals surface area contributed by atoms with Crippen LogP contribution in [0.5, 0.6) is 0 Å². The summed E-state index contributed by atoms with van der Waals surface area (Å²) in [6, 6.07) is 2.22. The van der Waals surface area contributed by atoms with Gasteiger partial charge in [-0.15, -0.1) is 0 Å². The Hall–Kier alpha value is -0.800. The summed E-state index contributed by atoms with van der Waals surface area (Å²) in [5.74, 6) is 0. The third kappa shape index (κ3) is 3.08. The van der Waals surface area contributed by atoms with Crippen molar-refractivity contribution in [2.75, 3.05) is 6.54 Å². The molecule has 0 amide bonds. The van der Waals surface area contributed by atoms with Crippen molar-refractivity contribution in [1.82, 2.24) is 9.88 Å².